The average molecular weight is 314 g/mol. The smallest absolute Gasteiger partial charge is 0.313 e. The SMILES string of the molecule is C#CC(C)(OC(=O)C(C)(C)C)c1ccccc1OC(C)(C)C=C. The topological polar surface area (TPSA) is 35.5 Å². The molecule has 0 aromatic heterocycles. The number of carbonyl (C=O) groups is 1. The van der Waals surface area contributed by atoms with Crippen LogP contribution in [-0.4, -0.2) is 11.6 Å². The van der Waals surface area contributed by atoms with Crippen LogP contribution < -0.4 is 4.74 Å². The molecule has 0 fully saturated rings. The van der Waals surface area contributed by atoms with Crippen molar-refractivity contribution in [3.05, 3.63) is 42.5 Å². The van der Waals surface area contributed by atoms with E-state index < -0.39 is 16.6 Å². The maximum atomic E-state index is 12.3. The van der Waals surface area contributed by atoms with Gasteiger partial charge in [-0.05, 0) is 53.7 Å². The zero-order valence-electron chi connectivity index (χ0n) is 14.9. The number of esters is 1. The molecule has 0 spiro atoms. The second-order valence-corrected chi connectivity index (χ2v) is 7.22. The monoisotopic (exact) mass is 314 g/mol. The summed E-state index contributed by atoms with van der Waals surface area (Å²) in [6.07, 6.45) is 7.40. The zero-order valence-corrected chi connectivity index (χ0v) is 14.9. The van der Waals surface area contributed by atoms with Gasteiger partial charge in [0.15, 0.2) is 5.60 Å². The first-order valence-corrected chi connectivity index (χ1v) is 7.58. The van der Waals surface area contributed by atoms with Crippen LogP contribution in [0.3, 0.4) is 0 Å². The molecule has 0 N–H and O–H groups in total. The van der Waals surface area contributed by atoms with Gasteiger partial charge in [0.1, 0.15) is 11.4 Å². The van der Waals surface area contributed by atoms with E-state index in [4.69, 9.17) is 15.9 Å². The molecule has 0 saturated carbocycles. The van der Waals surface area contributed by atoms with E-state index in [0.717, 1.165) is 0 Å². The highest BCUT2D eigenvalue weighted by Crippen LogP contribution is 2.36. The fourth-order valence-corrected chi connectivity index (χ4v) is 1.78. The molecule has 0 bridgehead atoms. The molecule has 0 aliphatic rings. The van der Waals surface area contributed by atoms with E-state index in [0.29, 0.717) is 11.3 Å². The van der Waals surface area contributed by atoms with Crippen molar-refractivity contribution in [3.63, 3.8) is 0 Å². The molecule has 3 nitrogen and oxygen atoms in total. The highest BCUT2D eigenvalue weighted by atomic mass is 16.6. The summed E-state index contributed by atoms with van der Waals surface area (Å²) < 4.78 is 11.6. The molecular weight excluding hydrogens is 288 g/mol. The van der Waals surface area contributed by atoms with Gasteiger partial charge in [0, 0.05) is 5.56 Å². The number of hydrogen-bond acceptors (Lipinski definition) is 3. The summed E-state index contributed by atoms with van der Waals surface area (Å²) in [7, 11) is 0. The second-order valence-electron chi connectivity index (χ2n) is 7.22. The molecular formula is C20H26O3. The molecule has 1 unspecified atom stereocenters. The number of ether oxygens (including phenoxy) is 2. The summed E-state index contributed by atoms with van der Waals surface area (Å²) in [6, 6.07) is 7.30. The Hall–Kier alpha value is -2.21. The standard InChI is InChI=1S/C20H26O3/c1-9-19(6,7)22-16-14-12-11-13-15(16)20(8,10-2)23-17(21)18(3,4)5/h2,9,11-14H,1H2,3-8H3. The minimum absolute atomic E-state index is 0.365. The molecule has 0 amide bonds. The molecule has 124 valence electrons. The van der Waals surface area contributed by atoms with Gasteiger partial charge >= 0.3 is 5.97 Å². The predicted octanol–water partition coefficient (Wildman–Crippen LogP) is 4.47. The minimum Gasteiger partial charge on any atom is -0.483 e. The van der Waals surface area contributed by atoms with E-state index in [2.05, 4.69) is 12.5 Å². The van der Waals surface area contributed by atoms with Gasteiger partial charge in [-0.2, -0.15) is 0 Å². The summed E-state index contributed by atoms with van der Waals surface area (Å²) in [6.45, 7) is 14.6. The number of rotatable bonds is 5. The normalized spacial score (nSPS) is 14.3. The van der Waals surface area contributed by atoms with E-state index in [-0.39, 0.29) is 5.97 Å². The summed E-state index contributed by atoms with van der Waals surface area (Å²) in [5.74, 6) is 2.80. The van der Waals surface area contributed by atoms with Crippen molar-refractivity contribution in [1.29, 1.82) is 0 Å². The molecule has 3 heteroatoms. The summed E-state index contributed by atoms with van der Waals surface area (Å²) >= 11 is 0. The summed E-state index contributed by atoms with van der Waals surface area (Å²) in [5.41, 5.74) is -1.79. The van der Waals surface area contributed by atoms with Crippen LogP contribution in [0.4, 0.5) is 0 Å². The number of para-hydroxylation sites is 1. The predicted molar refractivity (Wildman–Crippen MR) is 93.1 cm³/mol. The molecule has 0 aliphatic heterocycles. The maximum Gasteiger partial charge on any atom is 0.313 e. The van der Waals surface area contributed by atoms with Crippen molar-refractivity contribution < 1.29 is 14.3 Å². The van der Waals surface area contributed by atoms with E-state index in [9.17, 15) is 4.79 Å². The largest absolute Gasteiger partial charge is 0.483 e. The summed E-state index contributed by atoms with van der Waals surface area (Å²) in [5, 5.41) is 0. The van der Waals surface area contributed by atoms with Crippen molar-refractivity contribution in [3.8, 4) is 18.1 Å². The van der Waals surface area contributed by atoms with Crippen LogP contribution in [0.15, 0.2) is 36.9 Å². The van der Waals surface area contributed by atoms with Crippen LogP contribution in [0.1, 0.15) is 47.1 Å². The quantitative estimate of drug-likeness (QED) is 0.457. The Labute approximate surface area is 139 Å². The first kappa shape index (κ1) is 18.8. The lowest BCUT2D eigenvalue weighted by molar-refractivity contribution is -0.163. The summed E-state index contributed by atoms with van der Waals surface area (Å²) in [4.78, 5) is 12.3. The van der Waals surface area contributed by atoms with Crippen LogP contribution in [0.25, 0.3) is 0 Å². The van der Waals surface area contributed by atoms with Gasteiger partial charge in [-0.1, -0.05) is 30.7 Å². The van der Waals surface area contributed by atoms with Gasteiger partial charge in [-0.25, -0.2) is 0 Å². The molecule has 1 aromatic rings. The third kappa shape index (κ3) is 4.63. The first-order valence-electron chi connectivity index (χ1n) is 7.58. The molecule has 1 atom stereocenters. The molecule has 0 heterocycles. The van der Waals surface area contributed by atoms with E-state index in [1.165, 1.54) is 0 Å². The van der Waals surface area contributed by atoms with Gasteiger partial charge < -0.3 is 9.47 Å². The number of terminal acetylenes is 1. The van der Waals surface area contributed by atoms with E-state index in [1.807, 2.05) is 32.0 Å². The van der Waals surface area contributed by atoms with E-state index >= 15 is 0 Å². The molecule has 1 rings (SSSR count). The number of hydrogen-bond donors (Lipinski definition) is 0. The van der Waals surface area contributed by atoms with Crippen LogP contribution in [-0.2, 0) is 15.1 Å². The van der Waals surface area contributed by atoms with Crippen LogP contribution in [0, 0.1) is 17.8 Å². The third-order valence-electron chi connectivity index (χ3n) is 3.45. The Morgan fingerprint density at radius 2 is 1.74 bits per heavy atom. The Bertz CT molecular complexity index is 629. The molecule has 1 aromatic carbocycles. The Morgan fingerprint density at radius 3 is 2.22 bits per heavy atom. The van der Waals surface area contributed by atoms with Gasteiger partial charge in [0.25, 0.3) is 0 Å². The Kier molecular flexibility index (Phi) is 5.32. The Morgan fingerprint density at radius 1 is 1.17 bits per heavy atom. The number of benzene rings is 1. The molecule has 0 radical (unpaired) electrons. The Balaban J connectivity index is 3.29. The van der Waals surface area contributed by atoms with Gasteiger partial charge in [-0.15, -0.1) is 6.42 Å². The van der Waals surface area contributed by atoms with Gasteiger partial charge in [0.2, 0.25) is 0 Å². The van der Waals surface area contributed by atoms with Crippen LogP contribution in [0.2, 0.25) is 0 Å². The van der Waals surface area contributed by atoms with Gasteiger partial charge in [-0.3, -0.25) is 4.79 Å². The van der Waals surface area contributed by atoms with Crippen LogP contribution >= 0.6 is 0 Å². The third-order valence-corrected chi connectivity index (χ3v) is 3.45. The van der Waals surface area contributed by atoms with Crippen molar-refractivity contribution in [2.45, 2.75) is 52.7 Å². The van der Waals surface area contributed by atoms with Crippen molar-refractivity contribution in [1.82, 2.24) is 0 Å². The first-order chi connectivity index (χ1) is 10.4. The second kappa shape index (κ2) is 6.50. The van der Waals surface area contributed by atoms with Crippen molar-refractivity contribution >= 4 is 5.97 Å². The number of carbonyl (C=O) groups excluding carboxylic acids is 1. The highest BCUT2D eigenvalue weighted by Gasteiger charge is 2.36. The van der Waals surface area contributed by atoms with E-state index in [1.54, 1.807) is 39.8 Å². The molecule has 23 heavy (non-hydrogen) atoms. The average Bonchev–Trinajstić information content (AvgIpc) is 2.46. The minimum atomic E-state index is -1.21. The lowest BCUT2D eigenvalue weighted by Gasteiger charge is -2.32. The lowest BCUT2D eigenvalue weighted by atomic mass is 9.93. The maximum absolute atomic E-state index is 12.3. The van der Waals surface area contributed by atoms with Crippen LogP contribution in [0.5, 0.6) is 5.75 Å². The molecule has 0 saturated heterocycles. The zero-order chi connectivity index (χ0) is 17.9. The highest BCUT2D eigenvalue weighted by molar-refractivity contribution is 5.76. The van der Waals surface area contributed by atoms with Crippen molar-refractivity contribution in [2.24, 2.45) is 5.41 Å². The molecule has 0 aliphatic carbocycles. The van der Waals surface area contributed by atoms with Crippen molar-refractivity contribution in [2.75, 3.05) is 0 Å². The fraction of sp³-hybridized carbons (Fsp3) is 0.450. The fourth-order valence-electron chi connectivity index (χ4n) is 1.78. The van der Waals surface area contributed by atoms with Gasteiger partial charge in [0.05, 0.1) is 5.41 Å². The lowest BCUT2D eigenvalue weighted by Crippen LogP contribution is -2.35.